The monoisotopic (exact) mass is 445 g/mol. The Balaban J connectivity index is 1.89. The van der Waals surface area contributed by atoms with E-state index in [0.717, 1.165) is 23.0 Å². The molecule has 0 saturated heterocycles. The minimum atomic E-state index is -0.563. The molecule has 9 heteroatoms. The minimum absolute atomic E-state index is 0.0739. The van der Waals surface area contributed by atoms with Gasteiger partial charge in [-0.3, -0.25) is 14.8 Å². The van der Waals surface area contributed by atoms with Crippen molar-refractivity contribution in [2.24, 2.45) is 12.0 Å². The largest absolute Gasteiger partial charge is 0.326 e. The molecule has 0 fully saturated rings. The fraction of sp³-hybridized carbons (Fsp3) is 0.227. The summed E-state index contributed by atoms with van der Waals surface area (Å²) in [5.41, 5.74) is 3.68. The van der Waals surface area contributed by atoms with E-state index in [4.69, 9.17) is 11.6 Å². The summed E-state index contributed by atoms with van der Waals surface area (Å²) in [6.45, 7) is 5.65. The van der Waals surface area contributed by atoms with E-state index in [1.54, 1.807) is 11.6 Å². The fourth-order valence-electron chi connectivity index (χ4n) is 2.94. The quantitative estimate of drug-likeness (QED) is 0.452. The average Bonchev–Trinajstić information content (AvgIpc) is 2.96. The summed E-state index contributed by atoms with van der Waals surface area (Å²) in [5.74, 6) is -1.48. The van der Waals surface area contributed by atoms with Crippen LogP contribution in [0.25, 0.3) is 0 Å². The van der Waals surface area contributed by atoms with Gasteiger partial charge in [-0.05, 0) is 56.7 Å². The molecule has 0 spiro atoms. The highest BCUT2D eigenvalue weighted by atomic mass is 35.5. The Morgan fingerprint density at radius 1 is 1.13 bits per heavy atom. The topological polar surface area (TPSA) is 71.3 Å². The Morgan fingerprint density at radius 3 is 2.48 bits per heavy atom. The number of nitrogens with one attached hydrogen (secondary N) is 2. The molecular weight excluding hydrogens is 424 g/mol. The molecular formula is C22H22ClF2N5O. The number of guanidine groups is 1. The Hall–Kier alpha value is -3.26. The summed E-state index contributed by atoms with van der Waals surface area (Å²) in [6, 6.07) is 8.26. The molecule has 1 aromatic heterocycles. The number of aryl methyl sites for hydroxylation is 3. The Morgan fingerprint density at radius 2 is 1.87 bits per heavy atom. The molecule has 162 valence electrons. The number of hydrogen-bond donors (Lipinski definition) is 2. The second-order valence-electron chi connectivity index (χ2n) is 7.11. The van der Waals surface area contributed by atoms with E-state index in [1.807, 2.05) is 20.9 Å². The van der Waals surface area contributed by atoms with E-state index in [9.17, 15) is 13.6 Å². The number of rotatable bonds is 4. The van der Waals surface area contributed by atoms with E-state index < -0.39 is 17.5 Å². The molecule has 6 nitrogen and oxygen atoms in total. The summed E-state index contributed by atoms with van der Waals surface area (Å²) in [7, 11) is 1.84. The van der Waals surface area contributed by atoms with Crippen molar-refractivity contribution >= 4 is 29.2 Å². The molecule has 2 N–H and O–H groups in total. The summed E-state index contributed by atoms with van der Waals surface area (Å²) in [5, 5.41) is 9.87. The van der Waals surface area contributed by atoms with Gasteiger partial charge in [0.1, 0.15) is 11.6 Å². The van der Waals surface area contributed by atoms with Crippen LogP contribution in [0.4, 0.5) is 14.5 Å². The van der Waals surface area contributed by atoms with Crippen LogP contribution in [0.2, 0.25) is 5.02 Å². The molecule has 0 atom stereocenters. The lowest BCUT2D eigenvalue weighted by Crippen LogP contribution is -2.36. The van der Waals surface area contributed by atoms with Crippen LogP contribution >= 0.6 is 11.6 Å². The van der Waals surface area contributed by atoms with Crippen LogP contribution in [0.5, 0.6) is 0 Å². The molecule has 0 saturated carbocycles. The van der Waals surface area contributed by atoms with Crippen molar-refractivity contribution in [2.75, 3.05) is 5.32 Å². The van der Waals surface area contributed by atoms with Gasteiger partial charge >= 0.3 is 0 Å². The van der Waals surface area contributed by atoms with E-state index in [-0.39, 0.29) is 23.1 Å². The Kier molecular flexibility index (Phi) is 6.70. The molecule has 0 aliphatic heterocycles. The zero-order chi connectivity index (χ0) is 22.7. The number of aromatic nitrogens is 2. The van der Waals surface area contributed by atoms with Gasteiger partial charge in [-0.15, -0.1) is 0 Å². The van der Waals surface area contributed by atoms with E-state index in [2.05, 4.69) is 20.7 Å². The lowest BCUT2D eigenvalue weighted by Gasteiger charge is -2.13. The number of amides is 1. The highest BCUT2D eigenvalue weighted by Crippen LogP contribution is 2.20. The van der Waals surface area contributed by atoms with E-state index >= 15 is 0 Å². The first-order valence-corrected chi connectivity index (χ1v) is 9.86. The Labute approximate surface area is 183 Å². The smallest absolute Gasteiger partial charge is 0.258 e. The van der Waals surface area contributed by atoms with Gasteiger partial charge in [0.2, 0.25) is 5.96 Å². The second-order valence-corrected chi connectivity index (χ2v) is 7.52. The maximum atomic E-state index is 13.9. The van der Waals surface area contributed by atoms with Crippen molar-refractivity contribution in [2.45, 2.75) is 27.3 Å². The number of benzene rings is 2. The van der Waals surface area contributed by atoms with Crippen LogP contribution in [0.3, 0.4) is 0 Å². The van der Waals surface area contributed by atoms with Gasteiger partial charge in [0.05, 0.1) is 17.3 Å². The lowest BCUT2D eigenvalue weighted by atomic mass is 10.1. The van der Waals surface area contributed by atoms with Crippen LogP contribution in [-0.2, 0) is 13.6 Å². The molecule has 2 aromatic carbocycles. The zero-order valence-corrected chi connectivity index (χ0v) is 18.3. The molecule has 31 heavy (non-hydrogen) atoms. The lowest BCUT2D eigenvalue weighted by molar-refractivity contribution is 0.0976. The maximum absolute atomic E-state index is 13.9. The van der Waals surface area contributed by atoms with E-state index in [1.165, 1.54) is 30.3 Å². The highest BCUT2D eigenvalue weighted by molar-refractivity contribution is 6.31. The molecule has 0 bridgehead atoms. The summed E-state index contributed by atoms with van der Waals surface area (Å²) < 4.78 is 29.1. The molecule has 3 rings (SSSR count). The van der Waals surface area contributed by atoms with Crippen LogP contribution in [0.1, 0.15) is 32.9 Å². The van der Waals surface area contributed by atoms with Crippen molar-refractivity contribution in [3.05, 3.63) is 81.1 Å². The van der Waals surface area contributed by atoms with Crippen molar-refractivity contribution in [3.8, 4) is 0 Å². The van der Waals surface area contributed by atoms with Crippen LogP contribution < -0.4 is 10.6 Å². The average molecular weight is 446 g/mol. The third-order valence-corrected chi connectivity index (χ3v) is 5.19. The number of halogens is 3. The molecule has 0 unspecified atom stereocenters. The number of nitrogens with zero attached hydrogens (tertiary/aromatic N) is 3. The normalized spacial score (nSPS) is 11.5. The van der Waals surface area contributed by atoms with Gasteiger partial charge < -0.3 is 5.32 Å². The molecule has 0 aliphatic rings. The number of aliphatic imine (C=N–C) groups is 1. The molecule has 1 heterocycles. The van der Waals surface area contributed by atoms with Crippen LogP contribution in [-0.4, -0.2) is 21.6 Å². The number of anilines is 1. The van der Waals surface area contributed by atoms with Crippen molar-refractivity contribution in [1.82, 2.24) is 15.1 Å². The van der Waals surface area contributed by atoms with Gasteiger partial charge in [0.25, 0.3) is 5.91 Å². The van der Waals surface area contributed by atoms with Gasteiger partial charge in [-0.25, -0.2) is 13.8 Å². The fourth-order valence-corrected chi connectivity index (χ4v) is 3.12. The van der Waals surface area contributed by atoms with Crippen LogP contribution in [0, 0.1) is 32.4 Å². The summed E-state index contributed by atoms with van der Waals surface area (Å²) >= 11 is 5.85. The standard InChI is InChI=1S/C22H22ClF2N5O/c1-12-5-6-15(9-20(12)25)21(31)28-22(27-16-7-8-19(24)18(23)10-16)26-11-17-13(2)29-30(4)14(17)3/h5-10H,11H2,1-4H3,(H2,26,27,28,31). The van der Waals surface area contributed by atoms with Gasteiger partial charge in [0, 0.05) is 29.6 Å². The molecule has 1 amide bonds. The third-order valence-electron chi connectivity index (χ3n) is 4.90. The zero-order valence-electron chi connectivity index (χ0n) is 17.6. The van der Waals surface area contributed by atoms with Crippen molar-refractivity contribution in [3.63, 3.8) is 0 Å². The number of carbonyl (C=O) groups is 1. The van der Waals surface area contributed by atoms with Gasteiger partial charge in [0.15, 0.2) is 0 Å². The van der Waals surface area contributed by atoms with Crippen molar-refractivity contribution in [1.29, 1.82) is 0 Å². The van der Waals surface area contributed by atoms with Crippen LogP contribution in [0.15, 0.2) is 41.4 Å². The first-order valence-electron chi connectivity index (χ1n) is 9.48. The van der Waals surface area contributed by atoms with E-state index in [0.29, 0.717) is 11.3 Å². The van der Waals surface area contributed by atoms with Gasteiger partial charge in [-0.1, -0.05) is 17.7 Å². The molecule has 0 aliphatic carbocycles. The Bertz CT molecular complexity index is 1170. The summed E-state index contributed by atoms with van der Waals surface area (Å²) in [4.78, 5) is 17.1. The number of carbonyl (C=O) groups excluding carboxylic acids is 1. The first-order chi connectivity index (χ1) is 14.7. The first kappa shape index (κ1) is 22.4. The predicted molar refractivity (Wildman–Crippen MR) is 117 cm³/mol. The third kappa shape index (κ3) is 5.27. The summed E-state index contributed by atoms with van der Waals surface area (Å²) in [6.07, 6.45) is 0. The SMILES string of the molecule is Cc1ccc(C(=O)NC(=NCc2c(C)nn(C)c2C)Nc2ccc(F)c(Cl)c2)cc1F. The molecule has 0 radical (unpaired) electrons. The van der Waals surface area contributed by atoms with Gasteiger partial charge in [-0.2, -0.15) is 5.10 Å². The molecule has 3 aromatic rings. The second kappa shape index (κ2) is 9.26. The minimum Gasteiger partial charge on any atom is -0.326 e. The highest BCUT2D eigenvalue weighted by Gasteiger charge is 2.14. The maximum Gasteiger partial charge on any atom is 0.258 e. The predicted octanol–water partition coefficient (Wildman–Crippen LogP) is 4.68. The number of hydrogen-bond acceptors (Lipinski definition) is 3. The van der Waals surface area contributed by atoms with Crippen molar-refractivity contribution < 1.29 is 13.6 Å².